The number of esters is 1. The Hall–Kier alpha value is -1.93. The third-order valence-electron chi connectivity index (χ3n) is 6.14. The van der Waals surface area contributed by atoms with Crippen molar-refractivity contribution in [2.24, 2.45) is 5.92 Å². The molecule has 0 unspecified atom stereocenters. The first-order valence-corrected chi connectivity index (χ1v) is 12.3. The molecular weight excluding hydrogens is 404 g/mol. The first-order chi connectivity index (χ1) is 14.3. The van der Waals surface area contributed by atoms with Crippen LogP contribution >= 0.6 is 0 Å². The maximum atomic E-state index is 12.7. The van der Waals surface area contributed by atoms with Crippen LogP contribution in [0.1, 0.15) is 69.2 Å². The van der Waals surface area contributed by atoms with Gasteiger partial charge in [0.1, 0.15) is 0 Å². The van der Waals surface area contributed by atoms with E-state index >= 15 is 0 Å². The number of ether oxygens (including phenoxy) is 1. The Labute approximate surface area is 179 Å². The van der Waals surface area contributed by atoms with Crippen molar-refractivity contribution in [3.8, 4) is 0 Å². The zero-order chi connectivity index (χ0) is 21.7. The molecule has 0 radical (unpaired) electrons. The summed E-state index contributed by atoms with van der Waals surface area (Å²) in [7, 11) is -3.55. The summed E-state index contributed by atoms with van der Waals surface area (Å²) < 4.78 is 32.2. The highest BCUT2D eigenvalue weighted by Gasteiger charge is 2.28. The van der Waals surface area contributed by atoms with Crippen LogP contribution in [0, 0.1) is 5.92 Å². The predicted octanol–water partition coefficient (Wildman–Crippen LogP) is 3.10. The summed E-state index contributed by atoms with van der Waals surface area (Å²) in [5, 5.41) is 2.99. The van der Waals surface area contributed by atoms with Gasteiger partial charge in [0.15, 0.2) is 6.10 Å². The Kier molecular flexibility index (Phi) is 7.52. The third kappa shape index (κ3) is 5.40. The quantitative estimate of drug-likeness (QED) is 0.692. The van der Waals surface area contributed by atoms with E-state index in [4.69, 9.17) is 4.74 Å². The van der Waals surface area contributed by atoms with Crippen LogP contribution in [-0.4, -0.2) is 49.8 Å². The van der Waals surface area contributed by atoms with Gasteiger partial charge in [-0.2, -0.15) is 4.31 Å². The summed E-state index contributed by atoms with van der Waals surface area (Å²) >= 11 is 0. The molecule has 1 aliphatic carbocycles. The van der Waals surface area contributed by atoms with Gasteiger partial charge in [0.05, 0.1) is 10.5 Å². The van der Waals surface area contributed by atoms with Crippen LogP contribution in [0.4, 0.5) is 0 Å². The lowest BCUT2D eigenvalue weighted by molar-refractivity contribution is -0.130. The van der Waals surface area contributed by atoms with Crippen molar-refractivity contribution in [3.05, 3.63) is 29.8 Å². The number of hydrogen-bond acceptors (Lipinski definition) is 5. The highest BCUT2D eigenvalue weighted by Crippen LogP contribution is 2.24. The lowest BCUT2D eigenvalue weighted by Crippen LogP contribution is -2.45. The standard InChI is InChI=1S/C22H32N2O5S/c1-16-8-4-5-9-20(16)23-21(25)17(2)29-22(26)18-10-12-19(13-11-18)30(27,28)24-14-6-3-7-15-24/h10-13,16-17,20H,3-9,14-15H2,1-2H3,(H,23,25)/t16-,17+,20+/m0/s1. The predicted molar refractivity (Wildman–Crippen MR) is 113 cm³/mol. The fourth-order valence-electron chi connectivity index (χ4n) is 4.13. The number of amides is 1. The Bertz CT molecular complexity index is 847. The van der Waals surface area contributed by atoms with Gasteiger partial charge in [0.25, 0.3) is 5.91 Å². The molecule has 1 saturated carbocycles. The van der Waals surface area contributed by atoms with E-state index in [-0.39, 0.29) is 22.4 Å². The summed E-state index contributed by atoms with van der Waals surface area (Å²) in [5.74, 6) is -0.525. The van der Waals surface area contributed by atoms with Gasteiger partial charge in [-0.05, 0) is 62.8 Å². The molecule has 2 aliphatic rings. The van der Waals surface area contributed by atoms with Crippen molar-refractivity contribution >= 4 is 21.9 Å². The van der Waals surface area contributed by atoms with Crippen LogP contribution < -0.4 is 5.32 Å². The van der Waals surface area contributed by atoms with Gasteiger partial charge in [-0.1, -0.05) is 26.2 Å². The second-order valence-corrected chi connectivity index (χ2v) is 10.4. The summed E-state index contributed by atoms with van der Waals surface area (Å²) in [6, 6.07) is 5.84. The summed E-state index contributed by atoms with van der Waals surface area (Å²) in [6.45, 7) is 4.73. The maximum absolute atomic E-state index is 12.7. The molecule has 166 valence electrons. The second-order valence-electron chi connectivity index (χ2n) is 8.41. The van der Waals surface area contributed by atoms with Crippen molar-refractivity contribution in [1.82, 2.24) is 9.62 Å². The molecule has 2 fully saturated rings. The zero-order valence-electron chi connectivity index (χ0n) is 17.8. The molecule has 1 amide bonds. The Balaban J connectivity index is 1.58. The normalized spacial score (nSPS) is 24.1. The molecule has 1 aromatic rings. The first kappa shape index (κ1) is 22.7. The molecule has 3 atom stereocenters. The van der Waals surface area contributed by atoms with E-state index in [1.165, 1.54) is 35.0 Å². The zero-order valence-corrected chi connectivity index (χ0v) is 18.6. The smallest absolute Gasteiger partial charge is 0.338 e. The van der Waals surface area contributed by atoms with E-state index in [1.54, 1.807) is 6.92 Å². The number of carbonyl (C=O) groups is 2. The lowest BCUT2D eigenvalue weighted by Gasteiger charge is -2.30. The molecule has 0 aromatic heterocycles. The number of nitrogens with one attached hydrogen (secondary N) is 1. The van der Waals surface area contributed by atoms with Gasteiger partial charge in [0.2, 0.25) is 10.0 Å². The number of rotatable bonds is 6. The number of hydrogen-bond donors (Lipinski definition) is 1. The molecule has 0 bridgehead atoms. The number of sulfonamides is 1. The van der Waals surface area contributed by atoms with Crippen LogP contribution in [0.25, 0.3) is 0 Å². The fourth-order valence-corrected chi connectivity index (χ4v) is 5.65. The summed E-state index contributed by atoms with van der Waals surface area (Å²) in [4.78, 5) is 25.0. The number of benzene rings is 1. The SMILES string of the molecule is C[C@@H](OC(=O)c1ccc(S(=O)(=O)N2CCCCC2)cc1)C(=O)N[C@@H]1CCCC[C@@H]1C. The van der Waals surface area contributed by atoms with Crippen molar-refractivity contribution < 1.29 is 22.7 Å². The molecule has 1 heterocycles. The molecule has 0 spiro atoms. The maximum Gasteiger partial charge on any atom is 0.338 e. The molecular formula is C22H32N2O5S. The summed E-state index contributed by atoms with van der Waals surface area (Å²) in [5.41, 5.74) is 0.221. The van der Waals surface area contributed by atoms with Gasteiger partial charge < -0.3 is 10.1 Å². The lowest BCUT2D eigenvalue weighted by atomic mass is 9.86. The minimum absolute atomic E-state index is 0.117. The molecule has 1 N–H and O–H groups in total. The molecule has 30 heavy (non-hydrogen) atoms. The average Bonchev–Trinajstić information content (AvgIpc) is 2.76. The average molecular weight is 437 g/mol. The fraction of sp³-hybridized carbons (Fsp3) is 0.636. The van der Waals surface area contributed by atoms with E-state index in [9.17, 15) is 18.0 Å². The summed E-state index contributed by atoms with van der Waals surface area (Å²) in [6.07, 6.45) is 6.17. The van der Waals surface area contributed by atoms with E-state index in [2.05, 4.69) is 12.2 Å². The van der Waals surface area contributed by atoms with Gasteiger partial charge >= 0.3 is 5.97 Å². The molecule has 8 heteroatoms. The van der Waals surface area contributed by atoms with Crippen LogP contribution in [0.15, 0.2) is 29.2 Å². The first-order valence-electron chi connectivity index (χ1n) is 10.9. The van der Waals surface area contributed by atoms with Crippen LogP contribution in [0.3, 0.4) is 0 Å². The van der Waals surface area contributed by atoms with Gasteiger partial charge in [-0.25, -0.2) is 13.2 Å². The van der Waals surface area contributed by atoms with Crippen molar-refractivity contribution in [1.29, 1.82) is 0 Å². The number of piperidine rings is 1. The van der Waals surface area contributed by atoms with Crippen LogP contribution in [0.5, 0.6) is 0 Å². The number of carbonyl (C=O) groups excluding carboxylic acids is 2. The molecule has 1 saturated heterocycles. The minimum Gasteiger partial charge on any atom is -0.449 e. The van der Waals surface area contributed by atoms with Gasteiger partial charge in [0, 0.05) is 19.1 Å². The Morgan fingerprint density at radius 3 is 2.30 bits per heavy atom. The number of nitrogens with zero attached hydrogens (tertiary/aromatic N) is 1. The molecule has 7 nitrogen and oxygen atoms in total. The van der Waals surface area contributed by atoms with Crippen LogP contribution in [0.2, 0.25) is 0 Å². The van der Waals surface area contributed by atoms with E-state index in [0.717, 1.165) is 38.5 Å². The Morgan fingerprint density at radius 2 is 1.67 bits per heavy atom. The molecule has 1 aliphatic heterocycles. The van der Waals surface area contributed by atoms with Gasteiger partial charge in [-0.3, -0.25) is 4.79 Å². The molecule has 3 rings (SSSR count). The second kappa shape index (κ2) is 9.92. The highest BCUT2D eigenvalue weighted by atomic mass is 32.2. The van der Waals surface area contributed by atoms with Gasteiger partial charge in [-0.15, -0.1) is 0 Å². The van der Waals surface area contributed by atoms with Crippen molar-refractivity contribution in [2.45, 2.75) is 75.8 Å². The van der Waals surface area contributed by atoms with Crippen molar-refractivity contribution in [2.75, 3.05) is 13.1 Å². The minimum atomic E-state index is -3.55. The largest absolute Gasteiger partial charge is 0.449 e. The van der Waals surface area contributed by atoms with E-state index < -0.39 is 22.1 Å². The topological polar surface area (TPSA) is 92.8 Å². The third-order valence-corrected chi connectivity index (χ3v) is 8.05. The van der Waals surface area contributed by atoms with Crippen molar-refractivity contribution in [3.63, 3.8) is 0 Å². The highest BCUT2D eigenvalue weighted by molar-refractivity contribution is 7.89. The van der Waals surface area contributed by atoms with Crippen LogP contribution in [-0.2, 0) is 19.6 Å². The Morgan fingerprint density at radius 1 is 1.03 bits per heavy atom. The monoisotopic (exact) mass is 436 g/mol. The van der Waals surface area contributed by atoms with E-state index in [0.29, 0.717) is 19.0 Å². The molecule has 1 aromatic carbocycles. The van der Waals surface area contributed by atoms with E-state index in [1.807, 2.05) is 0 Å².